The topological polar surface area (TPSA) is 66.5 Å². The highest BCUT2D eigenvalue weighted by Crippen LogP contribution is 2.39. The minimum atomic E-state index is -3.23. The average Bonchev–Trinajstić information content (AvgIpc) is 3.00. The molecule has 0 aromatic carbocycles. The van der Waals surface area contributed by atoms with Crippen molar-refractivity contribution in [3.8, 4) is 0 Å². The number of sulfonamides is 1. The molecule has 1 aromatic rings. The molecule has 1 saturated heterocycles. The Labute approximate surface area is 123 Å². The molecule has 20 heavy (non-hydrogen) atoms. The largest absolute Gasteiger partial charge is 0.333 e. The van der Waals surface area contributed by atoms with Crippen molar-refractivity contribution in [1.29, 1.82) is 0 Å². The van der Waals surface area contributed by atoms with Crippen LogP contribution in [0.25, 0.3) is 0 Å². The Morgan fingerprint density at radius 3 is 2.75 bits per heavy atom. The van der Waals surface area contributed by atoms with Gasteiger partial charge in [-0.25, -0.2) is 13.1 Å². The van der Waals surface area contributed by atoms with Gasteiger partial charge < -0.3 is 4.90 Å². The first-order valence-corrected chi connectivity index (χ1v) is 9.44. The van der Waals surface area contributed by atoms with Crippen LogP contribution in [-0.4, -0.2) is 44.1 Å². The predicted octanol–water partition coefficient (Wildman–Crippen LogP) is 1.21. The lowest BCUT2D eigenvalue weighted by molar-refractivity contribution is 0.0682. The third-order valence-electron chi connectivity index (χ3n) is 4.16. The molecule has 2 heterocycles. The molecule has 2 aliphatic rings. The van der Waals surface area contributed by atoms with Crippen LogP contribution in [0.4, 0.5) is 0 Å². The Balaban J connectivity index is 1.79. The zero-order valence-electron chi connectivity index (χ0n) is 11.5. The van der Waals surface area contributed by atoms with Crippen LogP contribution in [0.5, 0.6) is 0 Å². The van der Waals surface area contributed by atoms with E-state index in [1.54, 1.807) is 0 Å². The summed E-state index contributed by atoms with van der Waals surface area (Å²) in [4.78, 5) is 15.2. The summed E-state index contributed by atoms with van der Waals surface area (Å²) in [6, 6.07) is 1.81. The molecule has 2 fully saturated rings. The first-order valence-electron chi connectivity index (χ1n) is 6.67. The fourth-order valence-electron chi connectivity index (χ4n) is 3.38. The molecule has 1 amide bonds. The minimum absolute atomic E-state index is 0.00345. The maximum absolute atomic E-state index is 12.6. The fraction of sp³-hybridized carbons (Fsp3) is 0.615. The second-order valence-corrected chi connectivity index (χ2v) is 8.49. The summed E-state index contributed by atoms with van der Waals surface area (Å²) in [7, 11) is -3.23. The van der Waals surface area contributed by atoms with Crippen LogP contribution in [0.1, 0.15) is 28.1 Å². The third kappa shape index (κ3) is 2.49. The van der Waals surface area contributed by atoms with E-state index in [0.29, 0.717) is 5.92 Å². The molecule has 1 saturated carbocycles. The number of nitrogens with one attached hydrogen (secondary N) is 1. The van der Waals surface area contributed by atoms with Crippen LogP contribution in [0.3, 0.4) is 0 Å². The minimum Gasteiger partial charge on any atom is -0.333 e. The Kier molecular flexibility index (Phi) is 3.38. The van der Waals surface area contributed by atoms with Crippen molar-refractivity contribution in [2.24, 2.45) is 5.92 Å². The molecule has 0 spiro atoms. The van der Waals surface area contributed by atoms with Gasteiger partial charge in [0.15, 0.2) is 0 Å². The van der Waals surface area contributed by atoms with E-state index < -0.39 is 10.0 Å². The molecular weight excluding hydrogens is 296 g/mol. The lowest BCUT2D eigenvalue weighted by Gasteiger charge is -2.33. The molecule has 0 radical (unpaired) electrons. The highest BCUT2D eigenvalue weighted by atomic mass is 32.2. The van der Waals surface area contributed by atoms with E-state index in [2.05, 4.69) is 4.72 Å². The van der Waals surface area contributed by atoms with E-state index >= 15 is 0 Å². The van der Waals surface area contributed by atoms with Crippen LogP contribution in [0.15, 0.2) is 11.4 Å². The molecule has 1 aliphatic heterocycles. The predicted molar refractivity (Wildman–Crippen MR) is 78.4 cm³/mol. The van der Waals surface area contributed by atoms with E-state index in [4.69, 9.17) is 0 Å². The Bertz CT molecular complexity index is 638. The first-order chi connectivity index (χ1) is 9.35. The zero-order chi connectivity index (χ0) is 14.5. The van der Waals surface area contributed by atoms with Gasteiger partial charge in [-0.3, -0.25) is 4.79 Å². The first kappa shape index (κ1) is 14.0. The number of rotatable bonds is 3. The van der Waals surface area contributed by atoms with Crippen molar-refractivity contribution in [2.75, 3.05) is 12.8 Å². The van der Waals surface area contributed by atoms with Crippen LogP contribution >= 0.6 is 11.3 Å². The van der Waals surface area contributed by atoms with E-state index in [9.17, 15) is 13.2 Å². The zero-order valence-corrected chi connectivity index (χ0v) is 13.1. The van der Waals surface area contributed by atoms with Crippen LogP contribution in [0.2, 0.25) is 0 Å². The number of fused-ring (bicyclic) bond motifs is 2. The van der Waals surface area contributed by atoms with Crippen LogP contribution in [-0.2, 0) is 10.0 Å². The molecule has 5 nitrogen and oxygen atoms in total. The molecule has 3 atom stereocenters. The number of likely N-dealkylation sites (tertiary alicyclic amines) is 1. The normalized spacial score (nSPS) is 29.1. The van der Waals surface area contributed by atoms with Crippen molar-refractivity contribution in [2.45, 2.75) is 31.8 Å². The van der Waals surface area contributed by atoms with Crippen molar-refractivity contribution in [3.05, 3.63) is 21.9 Å². The second kappa shape index (κ2) is 4.82. The molecule has 3 unspecified atom stereocenters. The molecule has 7 heteroatoms. The number of hydrogen-bond acceptors (Lipinski definition) is 4. The monoisotopic (exact) mass is 314 g/mol. The Morgan fingerprint density at radius 1 is 1.45 bits per heavy atom. The highest BCUT2D eigenvalue weighted by molar-refractivity contribution is 7.88. The van der Waals surface area contributed by atoms with Gasteiger partial charge in [0, 0.05) is 18.6 Å². The second-order valence-electron chi connectivity index (χ2n) is 5.79. The van der Waals surface area contributed by atoms with E-state index in [1.807, 2.05) is 23.3 Å². The SMILES string of the molecule is Cc1ccsc1C(=O)N1CC2CC(NS(C)(=O)=O)C1C2. The molecular formula is C13H18N2O3S2. The smallest absolute Gasteiger partial charge is 0.264 e. The number of carbonyl (C=O) groups is 1. The maximum atomic E-state index is 12.6. The molecule has 110 valence electrons. The number of amides is 1. The Morgan fingerprint density at radius 2 is 2.20 bits per heavy atom. The number of nitrogens with zero attached hydrogens (tertiary/aromatic N) is 1. The van der Waals surface area contributed by atoms with Gasteiger partial charge in [-0.05, 0) is 42.7 Å². The molecule has 1 N–H and O–H groups in total. The van der Waals surface area contributed by atoms with E-state index in [0.717, 1.165) is 29.8 Å². The van der Waals surface area contributed by atoms with Gasteiger partial charge in [-0.2, -0.15) is 0 Å². The summed E-state index contributed by atoms with van der Waals surface area (Å²) < 4.78 is 25.5. The molecule has 1 aliphatic carbocycles. The van der Waals surface area contributed by atoms with Crippen molar-refractivity contribution >= 4 is 27.3 Å². The number of aryl methyl sites for hydroxylation is 1. The molecule has 2 bridgehead atoms. The van der Waals surface area contributed by atoms with Gasteiger partial charge >= 0.3 is 0 Å². The number of thiophene rings is 1. The van der Waals surface area contributed by atoms with Crippen LogP contribution < -0.4 is 4.72 Å². The van der Waals surface area contributed by atoms with Gasteiger partial charge in [-0.1, -0.05) is 0 Å². The molecule has 1 aromatic heterocycles. The van der Waals surface area contributed by atoms with Crippen molar-refractivity contribution < 1.29 is 13.2 Å². The van der Waals surface area contributed by atoms with Gasteiger partial charge in [0.2, 0.25) is 10.0 Å². The number of piperidine rings is 1. The third-order valence-corrected chi connectivity index (χ3v) is 5.90. The summed E-state index contributed by atoms with van der Waals surface area (Å²) in [6.45, 7) is 2.69. The van der Waals surface area contributed by atoms with Gasteiger partial charge in [0.25, 0.3) is 5.91 Å². The Hall–Kier alpha value is -0.920. The average molecular weight is 314 g/mol. The molecule has 3 rings (SSSR count). The van der Waals surface area contributed by atoms with E-state index in [1.165, 1.54) is 17.6 Å². The summed E-state index contributed by atoms with van der Waals surface area (Å²) in [5.74, 6) is 0.466. The van der Waals surface area contributed by atoms with Gasteiger partial charge in [0.1, 0.15) is 0 Å². The summed E-state index contributed by atoms with van der Waals surface area (Å²) >= 11 is 1.46. The number of carbonyl (C=O) groups excluding carboxylic acids is 1. The summed E-state index contributed by atoms with van der Waals surface area (Å²) in [6.07, 6.45) is 2.92. The standard InChI is InChI=1S/C13H18N2O3S2/c1-8-3-4-19-12(8)13(16)15-7-9-5-10(11(15)6-9)14-20(2,17)18/h3-4,9-11,14H,5-7H2,1-2H3. The van der Waals surface area contributed by atoms with Gasteiger partial charge in [-0.15, -0.1) is 11.3 Å². The fourth-order valence-corrected chi connectivity index (χ4v) is 5.07. The van der Waals surface area contributed by atoms with Crippen molar-refractivity contribution in [3.63, 3.8) is 0 Å². The lowest BCUT2D eigenvalue weighted by Crippen LogP contribution is -2.51. The van der Waals surface area contributed by atoms with Crippen molar-refractivity contribution in [1.82, 2.24) is 9.62 Å². The quantitative estimate of drug-likeness (QED) is 0.912. The van der Waals surface area contributed by atoms with E-state index in [-0.39, 0.29) is 18.0 Å². The summed E-state index contributed by atoms with van der Waals surface area (Å²) in [5.41, 5.74) is 0.996. The highest BCUT2D eigenvalue weighted by Gasteiger charge is 2.48. The maximum Gasteiger partial charge on any atom is 0.264 e. The summed E-state index contributed by atoms with van der Waals surface area (Å²) in [5, 5.41) is 1.92. The van der Waals surface area contributed by atoms with Crippen LogP contribution in [0, 0.1) is 12.8 Å². The van der Waals surface area contributed by atoms with Gasteiger partial charge in [0.05, 0.1) is 11.1 Å². The number of hydrogen-bond donors (Lipinski definition) is 1. The lowest BCUT2D eigenvalue weighted by atomic mass is 10.1.